The van der Waals surface area contributed by atoms with Gasteiger partial charge in [-0.15, -0.1) is 0 Å². The molecule has 7 heteroatoms. The Balaban J connectivity index is 1.40. The molecule has 0 bridgehead atoms. The largest absolute Gasteiger partial charge is 0.497 e. The van der Waals surface area contributed by atoms with E-state index in [1.54, 1.807) is 43.1 Å². The third-order valence-electron chi connectivity index (χ3n) is 7.52. The summed E-state index contributed by atoms with van der Waals surface area (Å²) < 4.78 is 18.4. The molecule has 2 aliphatic rings. The fraction of sp³-hybridized carbons (Fsp3) is 0.290. The highest BCUT2D eigenvalue weighted by Gasteiger charge is 2.33. The number of aromatic nitrogens is 1. The minimum absolute atomic E-state index is 0.129. The molecule has 0 spiro atoms. The zero-order valence-corrected chi connectivity index (χ0v) is 21.7. The van der Waals surface area contributed by atoms with Crippen molar-refractivity contribution in [1.29, 1.82) is 0 Å². The predicted molar refractivity (Wildman–Crippen MR) is 147 cm³/mol. The topological polar surface area (TPSA) is 70.0 Å². The molecule has 0 N–H and O–H groups in total. The number of fused-ring (bicyclic) bond motifs is 5. The summed E-state index contributed by atoms with van der Waals surface area (Å²) in [7, 11) is 3.13. The van der Waals surface area contributed by atoms with Gasteiger partial charge >= 0.3 is 0 Å². The summed E-state index contributed by atoms with van der Waals surface area (Å²) in [4.78, 5) is 30.1. The van der Waals surface area contributed by atoms with Crippen LogP contribution in [0.15, 0.2) is 65.5 Å². The number of carbonyl (C=O) groups excluding carboxylic acids is 1. The van der Waals surface area contributed by atoms with Crippen LogP contribution in [0.5, 0.6) is 17.2 Å². The molecule has 4 aromatic rings. The zero-order chi connectivity index (χ0) is 26.2. The minimum atomic E-state index is -0.214. The van der Waals surface area contributed by atoms with Crippen LogP contribution in [0, 0.1) is 0 Å². The molecule has 0 unspecified atom stereocenters. The maximum atomic E-state index is 14.0. The fourth-order valence-electron chi connectivity index (χ4n) is 5.59. The molecule has 1 saturated heterocycles. The van der Waals surface area contributed by atoms with Gasteiger partial charge in [-0.2, -0.15) is 0 Å². The van der Waals surface area contributed by atoms with Gasteiger partial charge in [0.25, 0.3) is 5.56 Å². The van der Waals surface area contributed by atoms with Crippen molar-refractivity contribution < 1.29 is 19.0 Å². The normalized spacial score (nSPS) is 14.5. The van der Waals surface area contributed by atoms with Gasteiger partial charge in [-0.3, -0.25) is 14.2 Å². The number of nitrogens with zero attached hydrogens (tertiary/aromatic N) is 2. The first-order chi connectivity index (χ1) is 18.6. The lowest BCUT2D eigenvalue weighted by molar-refractivity contribution is 0.104. The number of ketones is 1. The van der Waals surface area contributed by atoms with Crippen molar-refractivity contribution in [3.8, 4) is 34.2 Å². The fourth-order valence-corrected chi connectivity index (χ4v) is 5.59. The number of hydrogen-bond donors (Lipinski definition) is 0. The van der Waals surface area contributed by atoms with Crippen LogP contribution >= 0.6 is 0 Å². The SMILES string of the molecule is COc1ccc2c(c1)C(=O)c1c-2n(-c2ccc(OCCCN3CCCC3)cc2)c(=O)c2cc(OC)ccc12. The van der Waals surface area contributed by atoms with E-state index in [2.05, 4.69) is 4.90 Å². The van der Waals surface area contributed by atoms with Gasteiger partial charge in [-0.05, 0) is 93.0 Å². The number of likely N-dealkylation sites (tertiary alicyclic amines) is 1. The smallest absolute Gasteiger partial charge is 0.263 e. The lowest BCUT2D eigenvalue weighted by atomic mass is 10.0. The maximum absolute atomic E-state index is 14.0. The summed E-state index contributed by atoms with van der Waals surface area (Å²) >= 11 is 0. The van der Waals surface area contributed by atoms with E-state index in [1.807, 2.05) is 36.4 Å². The van der Waals surface area contributed by atoms with Crippen molar-refractivity contribution in [3.05, 3.63) is 82.1 Å². The minimum Gasteiger partial charge on any atom is -0.497 e. The average molecular weight is 511 g/mol. The third kappa shape index (κ3) is 4.13. The van der Waals surface area contributed by atoms with Gasteiger partial charge in [0.1, 0.15) is 17.2 Å². The summed E-state index contributed by atoms with van der Waals surface area (Å²) in [5.41, 5.74) is 2.78. The van der Waals surface area contributed by atoms with Crippen molar-refractivity contribution in [3.63, 3.8) is 0 Å². The van der Waals surface area contributed by atoms with Gasteiger partial charge < -0.3 is 19.1 Å². The van der Waals surface area contributed by atoms with E-state index in [0.717, 1.165) is 18.7 Å². The molecule has 1 fully saturated rings. The van der Waals surface area contributed by atoms with Gasteiger partial charge in [0.15, 0.2) is 5.78 Å². The van der Waals surface area contributed by atoms with E-state index >= 15 is 0 Å². The number of methoxy groups -OCH3 is 2. The molecule has 1 aromatic heterocycles. The van der Waals surface area contributed by atoms with E-state index in [1.165, 1.54) is 25.9 Å². The molecule has 194 valence electrons. The summed E-state index contributed by atoms with van der Waals surface area (Å²) in [6.07, 6.45) is 3.55. The van der Waals surface area contributed by atoms with Crippen molar-refractivity contribution in [2.24, 2.45) is 0 Å². The number of benzene rings is 3. The first kappa shape index (κ1) is 24.2. The van der Waals surface area contributed by atoms with Crippen LogP contribution in [-0.4, -0.2) is 55.7 Å². The van der Waals surface area contributed by atoms with Gasteiger partial charge in [0.2, 0.25) is 0 Å². The Morgan fingerprint density at radius 1 is 0.763 bits per heavy atom. The van der Waals surface area contributed by atoms with Gasteiger partial charge in [0, 0.05) is 28.7 Å². The van der Waals surface area contributed by atoms with Gasteiger partial charge in [-0.1, -0.05) is 0 Å². The molecule has 0 atom stereocenters. The molecule has 2 heterocycles. The molecule has 1 aliphatic heterocycles. The van der Waals surface area contributed by atoms with Crippen LogP contribution in [-0.2, 0) is 0 Å². The van der Waals surface area contributed by atoms with Crippen LogP contribution in [0.1, 0.15) is 35.2 Å². The average Bonchev–Trinajstić information content (AvgIpc) is 3.58. The Hall–Kier alpha value is -4.10. The highest BCUT2D eigenvalue weighted by molar-refractivity contribution is 6.27. The highest BCUT2D eigenvalue weighted by atomic mass is 16.5. The molecule has 0 saturated carbocycles. The predicted octanol–water partition coefficient (Wildman–Crippen LogP) is 5.08. The van der Waals surface area contributed by atoms with Crippen molar-refractivity contribution in [2.75, 3.05) is 40.5 Å². The number of rotatable bonds is 8. The van der Waals surface area contributed by atoms with E-state index < -0.39 is 0 Å². The first-order valence-corrected chi connectivity index (χ1v) is 13.0. The molecule has 38 heavy (non-hydrogen) atoms. The lowest BCUT2D eigenvalue weighted by Crippen LogP contribution is -2.22. The molecule has 0 radical (unpaired) electrons. The zero-order valence-electron chi connectivity index (χ0n) is 21.7. The number of carbonyl (C=O) groups is 1. The lowest BCUT2D eigenvalue weighted by Gasteiger charge is -2.17. The van der Waals surface area contributed by atoms with Crippen molar-refractivity contribution >= 4 is 16.6 Å². The second-order valence-electron chi connectivity index (χ2n) is 9.76. The molecule has 6 rings (SSSR count). The van der Waals surface area contributed by atoms with Crippen LogP contribution < -0.4 is 19.8 Å². The molecular formula is C31H30N2O5. The molecule has 3 aromatic carbocycles. The second kappa shape index (κ2) is 9.99. The maximum Gasteiger partial charge on any atom is 0.263 e. The molecule has 7 nitrogen and oxygen atoms in total. The van der Waals surface area contributed by atoms with E-state index in [9.17, 15) is 9.59 Å². The summed E-state index contributed by atoms with van der Waals surface area (Å²) in [6.45, 7) is 4.07. The Kier molecular flexibility index (Phi) is 6.37. The second-order valence-corrected chi connectivity index (χ2v) is 9.76. The number of ether oxygens (including phenoxy) is 3. The quantitative estimate of drug-likeness (QED) is 0.271. The van der Waals surface area contributed by atoms with Crippen LogP contribution in [0.25, 0.3) is 27.7 Å². The molecule has 0 amide bonds. The molecular weight excluding hydrogens is 480 g/mol. The number of hydrogen-bond acceptors (Lipinski definition) is 6. The van der Waals surface area contributed by atoms with Gasteiger partial charge in [0.05, 0.1) is 37.5 Å². The Labute approximate surface area is 221 Å². The Morgan fingerprint density at radius 2 is 1.45 bits per heavy atom. The van der Waals surface area contributed by atoms with E-state index in [0.29, 0.717) is 57.0 Å². The van der Waals surface area contributed by atoms with Crippen LogP contribution in [0.4, 0.5) is 0 Å². The summed E-state index contributed by atoms with van der Waals surface area (Å²) in [5.74, 6) is 1.78. The summed E-state index contributed by atoms with van der Waals surface area (Å²) in [6, 6.07) is 18.2. The van der Waals surface area contributed by atoms with Gasteiger partial charge in [-0.25, -0.2) is 0 Å². The van der Waals surface area contributed by atoms with Crippen LogP contribution in [0.3, 0.4) is 0 Å². The molecule has 1 aliphatic carbocycles. The Bertz CT molecular complexity index is 1580. The van der Waals surface area contributed by atoms with E-state index in [4.69, 9.17) is 14.2 Å². The Morgan fingerprint density at radius 3 is 2.18 bits per heavy atom. The standard InChI is InChI=1S/C31H30N2O5/c1-36-22-11-13-25-26(18-22)30(34)28-24-12-10-23(37-2)19-27(24)31(35)33(29(25)28)20-6-8-21(9-7-20)38-17-5-16-32-14-3-4-15-32/h6-13,18-19H,3-5,14-17H2,1-2H3. The van der Waals surface area contributed by atoms with E-state index in [-0.39, 0.29) is 11.3 Å². The first-order valence-electron chi connectivity index (χ1n) is 13.0. The van der Waals surface area contributed by atoms with Crippen molar-refractivity contribution in [2.45, 2.75) is 19.3 Å². The highest BCUT2D eigenvalue weighted by Crippen LogP contribution is 2.42. The van der Waals surface area contributed by atoms with Crippen LogP contribution in [0.2, 0.25) is 0 Å². The monoisotopic (exact) mass is 510 g/mol. The third-order valence-corrected chi connectivity index (χ3v) is 7.52. The van der Waals surface area contributed by atoms with Crippen molar-refractivity contribution in [1.82, 2.24) is 9.47 Å². The number of pyridine rings is 1. The summed E-state index contributed by atoms with van der Waals surface area (Å²) in [5, 5.41) is 1.04.